The van der Waals surface area contributed by atoms with Crippen LogP contribution in [-0.4, -0.2) is 33.3 Å². The molecule has 0 spiro atoms. The maximum absolute atomic E-state index is 7.26. The van der Waals surface area contributed by atoms with Gasteiger partial charge in [0.1, 0.15) is 24.0 Å². The number of H-pyrrole nitrogens is 1. The standard InChI is InChI=1S/C17H17N7O/c1-12-10-16(24-23-12)21-15-6-5-14(18-2)17(22-15)20-8-9-25-13-4-3-7-19-11-13/h3-7,10-11H,8-9H2,1H3,(H3,20,21,22,23,24). The van der Waals surface area contributed by atoms with Gasteiger partial charge in [0, 0.05) is 24.5 Å². The normalized spacial score (nSPS) is 10.1. The Morgan fingerprint density at radius 1 is 1.28 bits per heavy atom. The van der Waals surface area contributed by atoms with Gasteiger partial charge in [0.25, 0.3) is 0 Å². The molecular formula is C17H17N7O. The summed E-state index contributed by atoms with van der Waals surface area (Å²) in [5.41, 5.74) is 1.40. The van der Waals surface area contributed by atoms with Gasteiger partial charge in [-0.2, -0.15) is 5.10 Å². The third-order valence-electron chi connectivity index (χ3n) is 3.25. The summed E-state index contributed by atoms with van der Waals surface area (Å²) in [7, 11) is 0. The number of rotatable bonds is 7. The van der Waals surface area contributed by atoms with E-state index in [4.69, 9.17) is 11.3 Å². The van der Waals surface area contributed by atoms with Crippen molar-refractivity contribution in [2.75, 3.05) is 23.8 Å². The van der Waals surface area contributed by atoms with Gasteiger partial charge in [-0.3, -0.25) is 10.1 Å². The number of nitrogens with one attached hydrogen (secondary N) is 3. The Hall–Kier alpha value is -3.60. The third-order valence-corrected chi connectivity index (χ3v) is 3.25. The number of hydrogen-bond acceptors (Lipinski definition) is 6. The van der Waals surface area contributed by atoms with Crippen LogP contribution in [0.3, 0.4) is 0 Å². The molecule has 3 heterocycles. The SMILES string of the molecule is [C-]#[N+]c1ccc(Nc2cc(C)[nH]n2)nc1NCCOc1cccnc1. The summed E-state index contributed by atoms with van der Waals surface area (Å²) < 4.78 is 5.57. The molecule has 3 rings (SSSR count). The van der Waals surface area contributed by atoms with Crippen molar-refractivity contribution in [3.63, 3.8) is 0 Å². The first-order valence-corrected chi connectivity index (χ1v) is 7.69. The summed E-state index contributed by atoms with van der Waals surface area (Å²) in [6, 6.07) is 8.99. The van der Waals surface area contributed by atoms with E-state index in [9.17, 15) is 0 Å². The minimum absolute atomic E-state index is 0.432. The van der Waals surface area contributed by atoms with Crippen LogP contribution < -0.4 is 15.4 Å². The summed E-state index contributed by atoms with van der Waals surface area (Å²) in [4.78, 5) is 11.9. The molecule has 0 aliphatic heterocycles. The molecule has 0 fully saturated rings. The fourth-order valence-electron chi connectivity index (χ4n) is 2.13. The van der Waals surface area contributed by atoms with Gasteiger partial charge in [-0.05, 0) is 31.2 Å². The lowest BCUT2D eigenvalue weighted by molar-refractivity contribution is 0.331. The molecule has 126 valence electrons. The summed E-state index contributed by atoms with van der Waals surface area (Å²) in [6.07, 6.45) is 3.34. The highest BCUT2D eigenvalue weighted by molar-refractivity contribution is 5.69. The number of aromatic amines is 1. The van der Waals surface area contributed by atoms with E-state index >= 15 is 0 Å². The van der Waals surface area contributed by atoms with Crippen molar-refractivity contribution in [3.05, 3.63) is 59.8 Å². The van der Waals surface area contributed by atoms with Crippen LogP contribution in [0.5, 0.6) is 5.75 Å². The molecule has 8 nitrogen and oxygen atoms in total. The van der Waals surface area contributed by atoms with E-state index in [1.165, 1.54) is 0 Å². The number of hydrogen-bond donors (Lipinski definition) is 3. The average Bonchev–Trinajstić information content (AvgIpc) is 3.04. The molecule has 0 atom stereocenters. The molecule has 3 aromatic heterocycles. The van der Waals surface area contributed by atoms with Crippen LogP contribution >= 0.6 is 0 Å². The molecule has 0 aromatic carbocycles. The molecule has 8 heteroatoms. The van der Waals surface area contributed by atoms with Gasteiger partial charge in [-0.15, -0.1) is 0 Å². The van der Waals surface area contributed by atoms with E-state index in [-0.39, 0.29) is 0 Å². The Morgan fingerprint density at radius 2 is 2.20 bits per heavy atom. The monoisotopic (exact) mass is 335 g/mol. The van der Waals surface area contributed by atoms with Gasteiger partial charge < -0.3 is 15.4 Å². The zero-order valence-corrected chi connectivity index (χ0v) is 13.7. The van der Waals surface area contributed by atoms with Crippen LogP contribution in [0.4, 0.5) is 23.1 Å². The van der Waals surface area contributed by atoms with Crippen LogP contribution in [0, 0.1) is 13.5 Å². The lowest BCUT2D eigenvalue weighted by Crippen LogP contribution is -2.12. The Balaban J connectivity index is 1.61. The Kier molecular flexibility index (Phi) is 5.07. The van der Waals surface area contributed by atoms with Crippen LogP contribution in [0.15, 0.2) is 42.7 Å². The van der Waals surface area contributed by atoms with E-state index < -0.39 is 0 Å². The van der Waals surface area contributed by atoms with Gasteiger partial charge in [0.15, 0.2) is 5.82 Å². The Morgan fingerprint density at radius 3 is 2.92 bits per heavy atom. The molecule has 0 aliphatic carbocycles. The molecule has 0 unspecified atom stereocenters. The molecule has 25 heavy (non-hydrogen) atoms. The van der Waals surface area contributed by atoms with Crippen LogP contribution in [0.25, 0.3) is 4.85 Å². The minimum atomic E-state index is 0.432. The summed E-state index contributed by atoms with van der Waals surface area (Å²) in [5, 5.41) is 13.2. The largest absolute Gasteiger partial charge is 0.490 e. The first kappa shape index (κ1) is 16.3. The lowest BCUT2D eigenvalue weighted by Gasteiger charge is -2.11. The van der Waals surface area contributed by atoms with Gasteiger partial charge in [-0.25, -0.2) is 9.83 Å². The zero-order valence-electron chi connectivity index (χ0n) is 13.7. The van der Waals surface area contributed by atoms with Crippen molar-refractivity contribution < 1.29 is 4.74 Å². The third kappa shape index (κ3) is 4.45. The molecule has 3 N–H and O–H groups in total. The summed E-state index contributed by atoms with van der Waals surface area (Å²) in [6.45, 7) is 10.1. The second-order valence-electron chi connectivity index (χ2n) is 5.20. The van der Waals surface area contributed by atoms with E-state index in [2.05, 4.69) is 35.6 Å². The van der Waals surface area contributed by atoms with Crippen LogP contribution in [-0.2, 0) is 0 Å². The van der Waals surface area contributed by atoms with Crippen LogP contribution in [0.2, 0.25) is 0 Å². The van der Waals surface area contributed by atoms with Crippen molar-refractivity contribution in [1.29, 1.82) is 0 Å². The number of anilines is 3. The number of ether oxygens (including phenoxy) is 1. The van der Waals surface area contributed by atoms with Crippen LogP contribution in [0.1, 0.15) is 5.69 Å². The minimum Gasteiger partial charge on any atom is -0.490 e. The quantitative estimate of drug-likeness (QED) is 0.453. The van der Waals surface area contributed by atoms with Gasteiger partial charge in [-0.1, -0.05) is 0 Å². The van der Waals surface area contributed by atoms with Crippen molar-refractivity contribution in [2.24, 2.45) is 0 Å². The maximum atomic E-state index is 7.26. The maximum Gasteiger partial charge on any atom is 0.228 e. The molecule has 0 radical (unpaired) electrons. The van der Waals surface area contributed by atoms with Crippen molar-refractivity contribution >= 4 is 23.1 Å². The molecule has 0 saturated heterocycles. The van der Waals surface area contributed by atoms with Gasteiger partial charge >= 0.3 is 0 Å². The van der Waals surface area contributed by atoms with Crippen molar-refractivity contribution in [1.82, 2.24) is 20.2 Å². The number of aromatic nitrogens is 4. The summed E-state index contributed by atoms with van der Waals surface area (Å²) in [5.74, 6) is 2.48. The highest BCUT2D eigenvalue weighted by Gasteiger charge is 2.07. The Bertz CT molecular complexity index is 870. The predicted molar refractivity (Wildman–Crippen MR) is 95.3 cm³/mol. The van der Waals surface area contributed by atoms with E-state index in [0.717, 1.165) is 5.69 Å². The topological polar surface area (TPSA) is 92.1 Å². The first-order valence-electron chi connectivity index (χ1n) is 7.69. The molecular weight excluding hydrogens is 318 g/mol. The molecule has 0 saturated carbocycles. The molecule has 3 aromatic rings. The zero-order chi connectivity index (χ0) is 17.5. The molecule has 0 bridgehead atoms. The average molecular weight is 335 g/mol. The number of pyridine rings is 2. The number of aryl methyl sites for hydroxylation is 1. The molecule has 0 amide bonds. The second kappa shape index (κ2) is 7.79. The van der Waals surface area contributed by atoms with Crippen molar-refractivity contribution in [2.45, 2.75) is 6.92 Å². The van der Waals surface area contributed by atoms with Gasteiger partial charge in [0.05, 0.1) is 12.8 Å². The second-order valence-corrected chi connectivity index (χ2v) is 5.20. The fourth-order valence-corrected chi connectivity index (χ4v) is 2.13. The highest BCUT2D eigenvalue weighted by Crippen LogP contribution is 2.25. The number of nitrogens with zero attached hydrogens (tertiary/aromatic N) is 4. The smallest absolute Gasteiger partial charge is 0.228 e. The van der Waals surface area contributed by atoms with E-state index in [1.807, 2.05) is 25.1 Å². The fraction of sp³-hybridized carbons (Fsp3) is 0.176. The van der Waals surface area contributed by atoms with Gasteiger partial charge in [0.2, 0.25) is 5.69 Å². The van der Waals surface area contributed by atoms with Crippen molar-refractivity contribution in [3.8, 4) is 5.75 Å². The molecule has 0 aliphatic rings. The lowest BCUT2D eigenvalue weighted by atomic mass is 10.3. The first-order chi connectivity index (χ1) is 12.2. The Labute approximate surface area is 145 Å². The predicted octanol–water partition coefficient (Wildman–Crippen LogP) is 3.29. The summed E-state index contributed by atoms with van der Waals surface area (Å²) >= 11 is 0. The van der Waals surface area contributed by atoms with E-state index in [1.54, 1.807) is 24.5 Å². The van der Waals surface area contributed by atoms with E-state index in [0.29, 0.717) is 42.0 Å². The highest BCUT2D eigenvalue weighted by atomic mass is 16.5.